The van der Waals surface area contributed by atoms with Gasteiger partial charge in [0, 0.05) is 24.5 Å². The summed E-state index contributed by atoms with van der Waals surface area (Å²) >= 11 is 0. The van der Waals surface area contributed by atoms with Crippen LogP contribution in [0.1, 0.15) is 17.5 Å². The highest BCUT2D eigenvalue weighted by Crippen LogP contribution is 2.38. The molecule has 0 spiro atoms. The number of hydrogen-bond acceptors (Lipinski definition) is 3. The molecule has 0 fully saturated rings. The minimum Gasteiger partial charge on any atom is -0.375 e. The second-order valence-electron chi connectivity index (χ2n) is 4.88. The van der Waals surface area contributed by atoms with Crippen LogP contribution >= 0.6 is 0 Å². The monoisotopic (exact) mass is 257 g/mol. The average Bonchev–Trinajstić information content (AvgIpc) is 2.92. The van der Waals surface area contributed by atoms with E-state index in [2.05, 4.69) is 10.4 Å². The summed E-state index contributed by atoms with van der Waals surface area (Å²) in [4.78, 5) is 12.0. The number of rotatable bonds is 3. The molecule has 1 amide bonds. The number of aryl methyl sites for hydroxylation is 2. The number of benzene rings is 1. The molecular formula is C14H15N3O2. The lowest BCUT2D eigenvalue weighted by Crippen LogP contribution is -2.34. The van der Waals surface area contributed by atoms with Gasteiger partial charge in [-0.2, -0.15) is 5.10 Å². The number of carbonyl (C=O) groups is 1. The van der Waals surface area contributed by atoms with Gasteiger partial charge in [-0.05, 0) is 24.5 Å². The topological polar surface area (TPSA) is 67.2 Å². The van der Waals surface area contributed by atoms with E-state index in [9.17, 15) is 9.90 Å². The van der Waals surface area contributed by atoms with Crippen molar-refractivity contribution in [2.24, 2.45) is 7.05 Å². The molecule has 2 aromatic rings. The minimum atomic E-state index is -1.44. The summed E-state index contributed by atoms with van der Waals surface area (Å²) in [7, 11) is 1.84. The molecule has 0 saturated heterocycles. The van der Waals surface area contributed by atoms with E-state index in [0.29, 0.717) is 24.1 Å². The molecule has 5 heteroatoms. The quantitative estimate of drug-likeness (QED) is 0.868. The van der Waals surface area contributed by atoms with Crippen molar-refractivity contribution >= 4 is 11.6 Å². The molecule has 98 valence electrons. The highest BCUT2D eigenvalue weighted by Gasteiger charge is 2.44. The van der Waals surface area contributed by atoms with Gasteiger partial charge >= 0.3 is 0 Å². The van der Waals surface area contributed by atoms with E-state index in [-0.39, 0.29) is 5.91 Å². The maximum Gasteiger partial charge on any atom is 0.261 e. The van der Waals surface area contributed by atoms with Crippen LogP contribution in [0.2, 0.25) is 0 Å². The Morgan fingerprint density at radius 3 is 2.95 bits per heavy atom. The molecule has 0 saturated carbocycles. The molecule has 1 unspecified atom stereocenters. The lowest BCUT2D eigenvalue weighted by Gasteiger charge is -2.20. The van der Waals surface area contributed by atoms with Crippen LogP contribution in [-0.4, -0.2) is 20.8 Å². The molecule has 2 heterocycles. The molecule has 19 heavy (non-hydrogen) atoms. The fourth-order valence-electron chi connectivity index (χ4n) is 2.48. The number of hydrogen-bond donors (Lipinski definition) is 2. The lowest BCUT2D eigenvalue weighted by atomic mass is 9.89. The molecule has 2 N–H and O–H groups in total. The van der Waals surface area contributed by atoms with Crippen LogP contribution in [0.4, 0.5) is 5.69 Å². The van der Waals surface area contributed by atoms with Crippen molar-refractivity contribution in [1.82, 2.24) is 9.78 Å². The molecule has 0 radical (unpaired) electrons. The first-order chi connectivity index (χ1) is 9.09. The van der Waals surface area contributed by atoms with Gasteiger partial charge in [-0.25, -0.2) is 0 Å². The molecule has 0 bridgehead atoms. The van der Waals surface area contributed by atoms with E-state index >= 15 is 0 Å². The zero-order chi connectivity index (χ0) is 13.5. The Morgan fingerprint density at radius 2 is 2.21 bits per heavy atom. The Balaban J connectivity index is 1.85. The van der Waals surface area contributed by atoms with E-state index < -0.39 is 5.60 Å². The number of aromatic nitrogens is 2. The Kier molecular flexibility index (Phi) is 2.64. The number of fused-ring (bicyclic) bond motifs is 1. The van der Waals surface area contributed by atoms with E-state index in [1.807, 2.05) is 25.4 Å². The molecule has 3 rings (SSSR count). The van der Waals surface area contributed by atoms with E-state index in [1.54, 1.807) is 23.0 Å². The van der Waals surface area contributed by atoms with Gasteiger partial charge in [-0.1, -0.05) is 18.2 Å². The normalized spacial score (nSPS) is 21.3. The fraction of sp³-hybridized carbons (Fsp3) is 0.286. The van der Waals surface area contributed by atoms with Gasteiger partial charge in [0.05, 0.1) is 6.20 Å². The van der Waals surface area contributed by atoms with Gasteiger partial charge < -0.3 is 10.4 Å². The van der Waals surface area contributed by atoms with Gasteiger partial charge in [-0.15, -0.1) is 0 Å². The Bertz CT molecular complexity index is 635. The highest BCUT2D eigenvalue weighted by atomic mass is 16.3. The van der Waals surface area contributed by atoms with Crippen molar-refractivity contribution in [3.05, 3.63) is 47.8 Å². The molecular weight excluding hydrogens is 242 g/mol. The van der Waals surface area contributed by atoms with Gasteiger partial charge in [0.25, 0.3) is 5.91 Å². The van der Waals surface area contributed by atoms with Crippen LogP contribution in [-0.2, 0) is 23.9 Å². The first-order valence-electron chi connectivity index (χ1n) is 6.20. The first kappa shape index (κ1) is 11.9. The van der Waals surface area contributed by atoms with Gasteiger partial charge in [0.15, 0.2) is 5.60 Å². The summed E-state index contributed by atoms with van der Waals surface area (Å²) in [5, 5.41) is 17.4. The van der Waals surface area contributed by atoms with Crippen LogP contribution in [0.15, 0.2) is 36.7 Å². The molecule has 1 aromatic carbocycles. The number of amides is 1. The molecule has 1 aliphatic rings. The third kappa shape index (κ3) is 1.92. The van der Waals surface area contributed by atoms with E-state index in [1.165, 1.54) is 0 Å². The molecule has 1 aliphatic heterocycles. The third-order valence-electron chi connectivity index (χ3n) is 3.53. The Hall–Kier alpha value is -2.14. The summed E-state index contributed by atoms with van der Waals surface area (Å²) in [6, 6.07) is 7.26. The smallest absolute Gasteiger partial charge is 0.261 e. The van der Waals surface area contributed by atoms with Crippen molar-refractivity contribution in [1.29, 1.82) is 0 Å². The zero-order valence-corrected chi connectivity index (χ0v) is 10.6. The zero-order valence-electron chi connectivity index (χ0n) is 10.6. The predicted octanol–water partition coefficient (Wildman–Crippen LogP) is 1.19. The number of aliphatic hydroxyl groups is 1. The maximum atomic E-state index is 12.0. The van der Waals surface area contributed by atoms with Gasteiger partial charge in [0.2, 0.25) is 0 Å². The van der Waals surface area contributed by atoms with Gasteiger partial charge in [-0.3, -0.25) is 9.48 Å². The summed E-state index contributed by atoms with van der Waals surface area (Å²) in [5.74, 6) is -0.349. The lowest BCUT2D eigenvalue weighted by molar-refractivity contribution is -0.134. The van der Waals surface area contributed by atoms with Crippen molar-refractivity contribution < 1.29 is 9.90 Å². The van der Waals surface area contributed by atoms with E-state index in [0.717, 1.165) is 5.56 Å². The summed E-state index contributed by atoms with van der Waals surface area (Å²) in [5.41, 5.74) is 0.921. The maximum absolute atomic E-state index is 12.0. The Labute approximate surface area is 110 Å². The molecule has 1 aromatic heterocycles. The molecule has 0 aliphatic carbocycles. The van der Waals surface area contributed by atoms with Crippen LogP contribution in [0.3, 0.4) is 0 Å². The van der Waals surface area contributed by atoms with Crippen molar-refractivity contribution in [3.8, 4) is 0 Å². The SMILES string of the molecule is Cn1cc(CCC2(O)C(=O)Nc3ccccc32)cn1. The van der Waals surface area contributed by atoms with Crippen LogP contribution < -0.4 is 5.32 Å². The Morgan fingerprint density at radius 1 is 1.42 bits per heavy atom. The summed E-state index contributed by atoms with van der Waals surface area (Å²) < 4.78 is 1.71. The fourth-order valence-corrected chi connectivity index (χ4v) is 2.48. The third-order valence-corrected chi connectivity index (χ3v) is 3.53. The van der Waals surface area contributed by atoms with E-state index in [4.69, 9.17) is 0 Å². The van der Waals surface area contributed by atoms with Crippen LogP contribution in [0.5, 0.6) is 0 Å². The van der Waals surface area contributed by atoms with Crippen LogP contribution in [0, 0.1) is 0 Å². The highest BCUT2D eigenvalue weighted by molar-refractivity contribution is 6.04. The number of para-hydroxylation sites is 1. The predicted molar refractivity (Wildman–Crippen MR) is 70.5 cm³/mol. The van der Waals surface area contributed by atoms with Crippen molar-refractivity contribution in [2.75, 3.05) is 5.32 Å². The molecule has 1 atom stereocenters. The molecule has 5 nitrogen and oxygen atoms in total. The van der Waals surface area contributed by atoms with Gasteiger partial charge in [0.1, 0.15) is 0 Å². The second-order valence-corrected chi connectivity index (χ2v) is 4.88. The van der Waals surface area contributed by atoms with Crippen LogP contribution in [0.25, 0.3) is 0 Å². The standard InChI is InChI=1S/C14H15N3O2/c1-17-9-10(8-15-17)6-7-14(19)11-4-2-3-5-12(11)16-13(14)18/h2-5,8-9,19H,6-7H2,1H3,(H,16,18). The number of nitrogens with zero attached hydrogens (tertiary/aromatic N) is 2. The summed E-state index contributed by atoms with van der Waals surface area (Å²) in [6.45, 7) is 0. The first-order valence-corrected chi connectivity index (χ1v) is 6.20. The van der Waals surface area contributed by atoms with Crippen molar-refractivity contribution in [3.63, 3.8) is 0 Å². The second kappa shape index (κ2) is 4.20. The number of nitrogens with one attached hydrogen (secondary N) is 1. The van der Waals surface area contributed by atoms with Crippen molar-refractivity contribution in [2.45, 2.75) is 18.4 Å². The number of anilines is 1. The summed E-state index contributed by atoms with van der Waals surface area (Å²) in [6.07, 6.45) is 4.60. The number of carbonyl (C=O) groups excluding carboxylic acids is 1. The average molecular weight is 257 g/mol. The minimum absolute atomic E-state index is 0.349. The largest absolute Gasteiger partial charge is 0.375 e.